The zero-order valence-electron chi connectivity index (χ0n) is 10.3. The smallest absolute Gasteiger partial charge is 0.166 e. The summed E-state index contributed by atoms with van der Waals surface area (Å²) >= 11 is 0. The third kappa shape index (κ3) is 2.64. The van der Waals surface area contributed by atoms with Gasteiger partial charge in [-0.05, 0) is 47.4 Å². The normalized spacial score (nSPS) is 24.2. The Morgan fingerprint density at radius 1 is 1.18 bits per heavy atom. The van der Waals surface area contributed by atoms with Gasteiger partial charge in [0.25, 0.3) is 0 Å². The minimum absolute atomic E-state index is 0.130. The fourth-order valence-corrected chi connectivity index (χ4v) is 2.17. The first-order valence-electron chi connectivity index (χ1n) is 6.01. The van der Waals surface area contributed by atoms with Crippen molar-refractivity contribution in [2.75, 3.05) is 0 Å². The van der Waals surface area contributed by atoms with Crippen LogP contribution in [-0.4, -0.2) is 0 Å². The molecule has 1 aromatic carbocycles. The highest BCUT2D eigenvalue weighted by molar-refractivity contribution is 5.37. The highest BCUT2D eigenvalue weighted by atomic mass is 19.4. The van der Waals surface area contributed by atoms with Crippen molar-refractivity contribution in [2.45, 2.75) is 45.2 Å². The molecule has 0 bridgehead atoms. The summed E-state index contributed by atoms with van der Waals surface area (Å²) in [6, 6.07) is 4.54. The molecule has 0 N–H and O–H groups in total. The number of hydrogen-bond acceptors (Lipinski definition) is 0. The zero-order valence-corrected chi connectivity index (χ0v) is 10.3. The molecule has 2 atom stereocenters. The van der Waals surface area contributed by atoms with Gasteiger partial charge in [0.1, 0.15) is 0 Å². The largest absolute Gasteiger partial charge is 0.416 e. The van der Waals surface area contributed by atoms with Crippen LogP contribution in [0, 0.1) is 5.92 Å². The van der Waals surface area contributed by atoms with Gasteiger partial charge >= 0.3 is 6.18 Å². The summed E-state index contributed by atoms with van der Waals surface area (Å²) in [5, 5.41) is 0. The van der Waals surface area contributed by atoms with E-state index in [1.165, 1.54) is 12.1 Å². The van der Waals surface area contributed by atoms with Crippen molar-refractivity contribution in [3.63, 3.8) is 0 Å². The SMILES string of the molecule is CC(C)c1cc(C2CC2C)cc(C(F)(F)F)c1. The lowest BCUT2D eigenvalue weighted by atomic mass is 9.95. The predicted molar refractivity (Wildman–Crippen MR) is 62.1 cm³/mol. The quantitative estimate of drug-likeness (QED) is 0.688. The Labute approximate surface area is 99.8 Å². The van der Waals surface area contributed by atoms with Crippen LogP contribution in [0.5, 0.6) is 0 Å². The second-order valence-electron chi connectivity index (χ2n) is 5.36. The monoisotopic (exact) mass is 242 g/mol. The Morgan fingerprint density at radius 2 is 1.76 bits per heavy atom. The minimum Gasteiger partial charge on any atom is -0.166 e. The fourth-order valence-electron chi connectivity index (χ4n) is 2.17. The lowest BCUT2D eigenvalue weighted by Crippen LogP contribution is -2.07. The highest BCUT2D eigenvalue weighted by Gasteiger charge is 2.37. The van der Waals surface area contributed by atoms with Gasteiger partial charge in [-0.3, -0.25) is 0 Å². The van der Waals surface area contributed by atoms with E-state index in [9.17, 15) is 13.2 Å². The van der Waals surface area contributed by atoms with Gasteiger partial charge in [0.15, 0.2) is 0 Å². The van der Waals surface area contributed by atoms with E-state index in [0.29, 0.717) is 11.8 Å². The molecule has 0 heterocycles. The summed E-state index contributed by atoms with van der Waals surface area (Å²) in [7, 11) is 0. The number of hydrogen-bond donors (Lipinski definition) is 0. The first-order valence-corrected chi connectivity index (χ1v) is 6.01. The predicted octanol–water partition coefficient (Wildman–Crippen LogP) is 4.95. The Balaban J connectivity index is 2.43. The Hall–Kier alpha value is -0.990. The van der Waals surface area contributed by atoms with Crippen LogP contribution in [0.15, 0.2) is 18.2 Å². The van der Waals surface area contributed by atoms with Crippen molar-refractivity contribution < 1.29 is 13.2 Å². The van der Waals surface area contributed by atoms with Crippen molar-refractivity contribution in [3.05, 3.63) is 34.9 Å². The summed E-state index contributed by atoms with van der Waals surface area (Å²) in [6.45, 7) is 5.94. The third-order valence-electron chi connectivity index (χ3n) is 3.51. The molecular weight excluding hydrogens is 225 g/mol. The average molecular weight is 242 g/mol. The standard InChI is InChI=1S/C14H17F3/c1-8(2)10-5-11(13-4-9(13)3)7-12(6-10)14(15,16)17/h5-9,13H,4H2,1-3H3. The van der Waals surface area contributed by atoms with Crippen LogP contribution in [0.1, 0.15) is 55.7 Å². The van der Waals surface area contributed by atoms with E-state index in [4.69, 9.17) is 0 Å². The van der Waals surface area contributed by atoms with Gasteiger partial charge < -0.3 is 0 Å². The molecule has 94 valence electrons. The van der Waals surface area contributed by atoms with Gasteiger partial charge in [-0.2, -0.15) is 13.2 Å². The summed E-state index contributed by atoms with van der Waals surface area (Å²) in [4.78, 5) is 0. The van der Waals surface area contributed by atoms with Crippen LogP contribution >= 0.6 is 0 Å². The summed E-state index contributed by atoms with van der Waals surface area (Å²) < 4.78 is 38.4. The summed E-state index contributed by atoms with van der Waals surface area (Å²) in [5.74, 6) is 0.985. The average Bonchev–Trinajstić information content (AvgIpc) is 2.93. The van der Waals surface area contributed by atoms with Crippen molar-refractivity contribution in [1.82, 2.24) is 0 Å². The highest BCUT2D eigenvalue weighted by Crippen LogP contribution is 2.48. The Kier molecular flexibility index (Phi) is 2.96. The van der Waals surface area contributed by atoms with Crippen LogP contribution in [0.4, 0.5) is 13.2 Å². The maximum absolute atomic E-state index is 12.8. The van der Waals surface area contributed by atoms with Crippen LogP contribution in [0.2, 0.25) is 0 Å². The number of alkyl halides is 3. The first-order chi connectivity index (χ1) is 7.79. The lowest BCUT2D eigenvalue weighted by Gasteiger charge is -2.14. The van der Waals surface area contributed by atoms with E-state index in [1.54, 1.807) is 0 Å². The molecule has 0 amide bonds. The molecule has 17 heavy (non-hydrogen) atoms. The minimum atomic E-state index is -4.24. The van der Waals surface area contributed by atoms with Gasteiger partial charge in [-0.15, -0.1) is 0 Å². The molecule has 1 aromatic rings. The maximum atomic E-state index is 12.8. The van der Waals surface area contributed by atoms with Gasteiger partial charge in [0.05, 0.1) is 5.56 Å². The molecule has 0 saturated heterocycles. The van der Waals surface area contributed by atoms with Crippen LogP contribution < -0.4 is 0 Å². The Bertz CT molecular complexity index is 418. The summed E-state index contributed by atoms with van der Waals surface area (Å²) in [6.07, 6.45) is -3.23. The Morgan fingerprint density at radius 3 is 2.18 bits per heavy atom. The molecule has 1 aliphatic rings. The molecule has 1 fully saturated rings. The van der Waals surface area contributed by atoms with Gasteiger partial charge in [0.2, 0.25) is 0 Å². The topological polar surface area (TPSA) is 0 Å². The molecule has 0 nitrogen and oxygen atoms in total. The van der Waals surface area contributed by atoms with Crippen LogP contribution in [0.25, 0.3) is 0 Å². The van der Waals surface area contributed by atoms with E-state index in [0.717, 1.165) is 17.5 Å². The second-order valence-corrected chi connectivity index (χ2v) is 5.36. The van der Waals surface area contributed by atoms with E-state index in [1.807, 2.05) is 19.9 Å². The molecule has 2 rings (SSSR count). The molecule has 0 aromatic heterocycles. The molecule has 0 spiro atoms. The van der Waals surface area contributed by atoms with Crippen molar-refractivity contribution in [3.8, 4) is 0 Å². The second kappa shape index (κ2) is 4.04. The van der Waals surface area contributed by atoms with E-state index >= 15 is 0 Å². The maximum Gasteiger partial charge on any atom is 0.416 e. The van der Waals surface area contributed by atoms with Crippen LogP contribution in [-0.2, 0) is 6.18 Å². The molecule has 1 saturated carbocycles. The first kappa shape index (κ1) is 12.5. The lowest BCUT2D eigenvalue weighted by molar-refractivity contribution is -0.137. The van der Waals surface area contributed by atoms with E-state index in [2.05, 4.69) is 6.92 Å². The van der Waals surface area contributed by atoms with Crippen molar-refractivity contribution in [1.29, 1.82) is 0 Å². The molecular formula is C14H17F3. The zero-order chi connectivity index (χ0) is 12.8. The van der Waals surface area contributed by atoms with E-state index in [-0.39, 0.29) is 5.92 Å². The third-order valence-corrected chi connectivity index (χ3v) is 3.51. The van der Waals surface area contributed by atoms with Gasteiger partial charge in [-0.25, -0.2) is 0 Å². The molecule has 2 unspecified atom stereocenters. The van der Waals surface area contributed by atoms with E-state index < -0.39 is 11.7 Å². The number of halogens is 3. The number of benzene rings is 1. The number of rotatable bonds is 2. The van der Waals surface area contributed by atoms with Crippen LogP contribution in [0.3, 0.4) is 0 Å². The fraction of sp³-hybridized carbons (Fsp3) is 0.571. The molecule has 1 aliphatic carbocycles. The van der Waals surface area contributed by atoms with Crippen molar-refractivity contribution >= 4 is 0 Å². The van der Waals surface area contributed by atoms with Gasteiger partial charge in [0, 0.05) is 0 Å². The van der Waals surface area contributed by atoms with Crippen molar-refractivity contribution in [2.24, 2.45) is 5.92 Å². The molecule has 0 aliphatic heterocycles. The van der Waals surface area contributed by atoms with Gasteiger partial charge in [-0.1, -0.05) is 26.8 Å². The summed E-state index contributed by atoms with van der Waals surface area (Å²) in [5.41, 5.74) is 1.14. The molecule has 3 heteroatoms. The molecule has 0 radical (unpaired) electrons.